The lowest BCUT2D eigenvalue weighted by atomic mass is 9.72. The lowest BCUT2D eigenvalue weighted by Crippen LogP contribution is -3.20. The van der Waals surface area contributed by atoms with Crippen LogP contribution < -0.4 is 4.90 Å². The molecule has 0 bridgehead atoms. The first-order chi connectivity index (χ1) is 10.4. The van der Waals surface area contributed by atoms with E-state index in [1.165, 1.54) is 21.6 Å². The Kier molecular flexibility index (Phi) is 3.84. The van der Waals surface area contributed by atoms with Crippen molar-refractivity contribution in [3.63, 3.8) is 0 Å². The molecule has 1 unspecified atom stereocenters. The van der Waals surface area contributed by atoms with Crippen LogP contribution in [0.15, 0.2) is 54.6 Å². The molecule has 2 aromatic carbocycles. The van der Waals surface area contributed by atoms with Gasteiger partial charge in [-0.15, -0.1) is 0 Å². The molecule has 2 heteroatoms. The number of benzene rings is 2. The second kappa shape index (κ2) is 5.53. The Morgan fingerprint density at radius 3 is 2.36 bits per heavy atom. The summed E-state index contributed by atoms with van der Waals surface area (Å²) in [7, 11) is 0. The van der Waals surface area contributed by atoms with Crippen LogP contribution in [0.5, 0.6) is 0 Å². The van der Waals surface area contributed by atoms with Crippen LogP contribution >= 0.6 is 0 Å². The summed E-state index contributed by atoms with van der Waals surface area (Å²) in [6.07, 6.45) is 1.07. The van der Waals surface area contributed by atoms with E-state index in [-0.39, 0.29) is 5.54 Å². The predicted octanol–water partition coefficient (Wildman–Crippen LogP) is 2.31. The zero-order chi connectivity index (χ0) is 15.8. The third-order valence-corrected chi connectivity index (χ3v) is 5.44. The quantitative estimate of drug-likeness (QED) is 0.892. The Balaban J connectivity index is 2.04. The van der Waals surface area contributed by atoms with Gasteiger partial charge in [0.05, 0.1) is 6.54 Å². The van der Waals surface area contributed by atoms with Crippen LogP contribution in [0.2, 0.25) is 0 Å². The summed E-state index contributed by atoms with van der Waals surface area (Å²) < 4.78 is 0. The number of quaternary nitrogens is 1. The van der Waals surface area contributed by atoms with E-state index in [1.807, 2.05) is 13.8 Å². The van der Waals surface area contributed by atoms with Crippen LogP contribution in [0, 0.1) is 0 Å². The summed E-state index contributed by atoms with van der Waals surface area (Å²) in [4.78, 5) is 1.44. The highest BCUT2D eigenvalue weighted by atomic mass is 16.3. The molecule has 2 N–H and O–H groups in total. The van der Waals surface area contributed by atoms with E-state index in [2.05, 4.69) is 61.5 Å². The Hall–Kier alpha value is -1.64. The third kappa shape index (κ3) is 2.47. The van der Waals surface area contributed by atoms with Crippen molar-refractivity contribution < 1.29 is 10.0 Å². The largest absolute Gasteiger partial charge is 0.384 e. The van der Waals surface area contributed by atoms with Gasteiger partial charge in [0.1, 0.15) is 17.7 Å². The van der Waals surface area contributed by atoms with Crippen LogP contribution in [-0.4, -0.2) is 17.3 Å². The van der Waals surface area contributed by atoms with Crippen LogP contribution in [0.4, 0.5) is 0 Å². The molecule has 0 radical (unpaired) electrons. The Morgan fingerprint density at radius 1 is 1.05 bits per heavy atom. The van der Waals surface area contributed by atoms with Crippen molar-refractivity contribution in [2.45, 2.75) is 44.9 Å². The molecule has 0 amide bonds. The van der Waals surface area contributed by atoms with Crippen molar-refractivity contribution in [3.8, 4) is 0 Å². The van der Waals surface area contributed by atoms with E-state index >= 15 is 0 Å². The normalized spacial score (nSPS) is 24.8. The molecule has 1 aliphatic heterocycles. The minimum atomic E-state index is -0.784. The summed E-state index contributed by atoms with van der Waals surface area (Å²) >= 11 is 0. The van der Waals surface area contributed by atoms with E-state index in [0.29, 0.717) is 0 Å². The van der Waals surface area contributed by atoms with E-state index in [0.717, 1.165) is 19.5 Å². The summed E-state index contributed by atoms with van der Waals surface area (Å²) in [5.74, 6) is 0. The lowest BCUT2D eigenvalue weighted by molar-refractivity contribution is -0.982. The van der Waals surface area contributed by atoms with Gasteiger partial charge in [-0.1, -0.05) is 54.6 Å². The Bertz CT molecular complexity index is 644. The van der Waals surface area contributed by atoms with Crippen molar-refractivity contribution in [3.05, 3.63) is 71.3 Å². The van der Waals surface area contributed by atoms with Gasteiger partial charge in [0.25, 0.3) is 0 Å². The minimum absolute atomic E-state index is 0.308. The SMILES string of the molecule is CC(C)(O)[C@@]1(C)c2ccccc2CC[NH+]1Cc1ccccc1. The molecule has 0 spiro atoms. The van der Waals surface area contributed by atoms with Gasteiger partial charge in [-0.25, -0.2) is 0 Å². The first-order valence-electron chi connectivity index (χ1n) is 8.13. The predicted molar refractivity (Wildman–Crippen MR) is 89.8 cm³/mol. The summed E-state index contributed by atoms with van der Waals surface area (Å²) in [5, 5.41) is 11.0. The average Bonchev–Trinajstić information content (AvgIpc) is 2.50. The minimum Gasteiger partial charge on any atom is -0.384 e. The van der Waals surface area contributed by atoms with E-state index in [9.17, 15) is 5.11 Å². The number of rotatable bonds is 3. The number of nitrogens with one attached hydrogen (secondary N) is 1. The van der Waals surface area contributed by atoms with Gasteiger partial charge in [-0.2, -0.15) is 0 Å². The lowest BCUT2D eigenvalue weighted by Gasteiger charge is -2.49. The van der Waals surface area contributed by atoms with Crippen LogP contribution in [0.1, 0.15) is 37.5 Å². The zero-order valence-corrected chi connectivity index (χ0v) is 13.8. The van der Waals surface area contributed by atoms with Crippen molar-refractivity contribution in [1.29, 1.82) is 0 Å². The van der Waals surface area contributed by atoms with Crippen molar-refractivity contribution in [2.24, 2.45) is 0 Å². The third-order valence-electron chi connectivity index (χ3n) is 5.44. The molecule has 0 saturated carbocycles. The van der Waals surface area contributed by atoms with Gasteiger partial charge >= 0.3 is 0 Å². The van der Waals surface area contributed by atoms with Crippen LogP contribution in [-0.2, 0) is 18.5 Å². The highest BCUT2D eigenvalue weighted by molar-refractivity contribution is 5.35. The van der Waals surface area contributed by atoms with Crippen molar-refractivity contribution in [1.82, 2.24) is 0 Å². The highest BCUT2D eigenvalue weighted by Crippen LogP contribution is 2.34. The molecular weight excluding hydrogens is 270 g/mol. The molecule has 2 atom stereocenters. The zero-order valence-electron chi connectivity index (χ0n) is 13.8. The second-order valence-corrected chi connectivity index (χ2v) is 7.11. The molecule has 22 heavy (non-hydrogen) atoms. The average molecular weight is 296 g/mol. The number of hydrogen-bond donors (Lipinski definition) is 2. The van der Waals surface area contributed by atoms with E-state index < -0.39 is 5.60 Å². The molecule has 1 heterocycles. The maximum absolute atomic E-state index is 11.0. The molecule has 1 aliphatic rings. The summed E-state index contributed by atoms with van der Waals surface area (Å²) in [6, 6.07) is 19.2. The Morgan fingerprint density at radius 2 is 1.68 bits per heavy atom. The summed E-state index contributed by atoms with van der Waals surface area (Å²) in [6.45, 7) is 8.09. The smallest absolute Gasteiger partial charge is 0.149 e. The molecule has 0 aliphatic carbocycles. The molecular formula is C20H26NO+. The molecule has 0 fully saturated rings. The fourth-order valence-corrected chi connectivity index (χ4v) is 3.82. The first kappa shape index (κ1) is 15.3. The van der Waals surface area contributed by atoms with Crippen LogP contribution in [0.25, 0.3) is 0 Å². The summed E-state index contributed by atoms with van der Waals surface area (Å²) in [5.41, 5.74) is 2.90. The van der Waals surface area contributed by atoms with Gasteiger partial charge in [-0.3, -0.25) is 0 Å². The molecule has 2 nitrogen and oxygen atoms in total. The van der Waals surface area contributed by atoms with Gasteiger partial charge in [-0.05, 0) is 26.3 Å². The molecule has 0 saturated heterocycles. The topological polar surface area (TPSA) is 24.7 Å². The standard InChI is InChI=1S/C20H25NO/c1-19(2,22)20(3)18-12-8-7-11-17(18)13-14-21(20)15-16-9-5-4-6-10-16/h4-12,22H,13-15H2,1-3H3/p+1/t20-/m1/s1. The van der Waals surface area contributed by atoms with E-state index in [1.54, 1.807) is 0 Å². The fraction of sp³-hybridized carbons (Fsp3) is 0.400. The molecule has 3 rings (SSSR count). The number of aliphatic hydroxyl groups is 1. The van der Waals surface area contributed by atoms with E-state index in [4.69, 9.17) is 0 Å². The maximum atomic E-state index is 11.0. The molecule has 2 aromatic rings. The van der Waals surface area contributed by atoms with Crippen LogP contribution in [0.3, 0.4) is 0 Å². The van der Waals surface area contributed by atoms with Gasteiger partial charge < -0.3 is 10.0 Å². The maximum Gasteiger partial charge on any atom is 0.149 e. The van der Waals surface area contributed by atoms with Gasteiger partial charge in [0.15, 0.2) is 0 Å². The monoisotopic (exact) mass is 296 g/mol. The fourth-order valence-electron chi connectivity index (χ4n) is 3.82. The number of hydrogen-bond acceptors (Lipinski definition) is 1. The highest BCUT2D eigenvalue weighted by Gasteiger charge is 2.52. The van der Waals surface area contributed by atoms with Gasteiger partial charge in [0.2, 0.25) is 0 Å². The number of fused-ring (bicyclic) bond motifs is 1. The first-order valence-corrected chi connectivity index (χ1v) is 8.13. The Labute approximate surface area is 133 Å². The van der Waals surface area contributed by atoms with Crippen molar-refractivity contribution in [2.75, 3.05) is 6.54 Å². The second-order valence-electron chi connectivity index (χ2n) is 7.11. The molecule has 0 aromatic heterocycles. The molecule has 116 valence electrons. The van der Waals surface area contributed by atoms with Crippen molar-refractivity contribution >= 4 is 0 Å². The van der Waals surface area contributed by atoms with Gasteiger partial charge in [0, 0.05) is 17.5 Å².